The molecule has 3 aromatic rings. The van der Waals surface area contributed by atoms with Crippen LogP contribution < -0.4 is 0 Å². The second kappa shape index (κ2) is 10.8. The lowest BCUT2D eigenvalue weighted by atomic mass is 9.92. The van der Waals surface area contributed by atoms with Gasteiger partial charge in [0.05, 0.1) is 11.4 Å². The van der Waals surface area contributed by atoms with Gasteiger partial charge in [-0.25, -0.2) is 4.68 Å². The number of hydrogen-bond donors (Lipinski definition) is 0. The third kappa shape index (κ3) is 4.77. The van der Waals surface area contributed by atoms with Crippen LogP contribution in [-0.4, -0.2) is 38.3 Å². The Morgan fingerprint density at radius 2 is 1.75 bits per heavy atom. The van der Waals surface area contributed by atoms with Crippen molar-refractivity contribution < 1.29 is 9.59 Å². The van der Waals surface area contributed by atoms with Crippen LogP contribution in [0.25, 0.3) is 23.0 Å². The summed E-state index contributed by atoms with van der Waals surface area (Å²) in [5.41, 5.74) is 3.96. The molecule has 1 atom stereocenters. The van der Waals surface area contributed by atoms with Crippen molar-refractivity contribution in [2.24, 2.45) is 0 Å². The van der Waals surface area contributed by atoms with Gasteiger partial charge in [0.1, 0.15) is 11.6 Å². The normalized spacial score (nSPS) is 16.0. The topological polar surface area (TPSA) is 79.0 Å². The molecule has 4 rings (SSSR count). The molecule has 7 heteroatoms. The van der Waals surface area contributed by atoms with E-state index < -0.39 is 5.91 Å². The Morgan fingerprint density at radius 1 is 1.06 bits per heavy atom. The molecule has 1 aromatic heterocycles. The van der Waals surface area contributed by atoms with Crippen molar-refractivity contribution in [1.82, 2.24) is 14.7 Å². The molecule has 2 amide bonds. The molecule has 0 spiro atoms. The second-order valence-electron chi connectivity index (χ2n) is 8.58. The fourth-order valence-electron chi connectivity index (χ4n) is 4.14. The zero-order chi connectivity index (χ0) is 25.8. The van der Waals surface area contributed by atoms with Crippen LogP contribution in [0, 0.1) is 11.3 Å². The average molecular weight is 497 g/mol. The van der Waals surface area contributed by atoms with Crippen molar-refractivity contribution in [2.45, 2.75) is 45.1 Å². The summed E-state index contributed by atoms with van der Waals surface area (Å²) < 4.78 is 1.78. The number of benzene rings is 2. The molecule has 0 aliphatic carbocycles. The van der Waals surface area contributed by atoms with E-state index in [2.05, 4.69) is 19.1 Å². The minimum atomic E-state index is -0.532. The van der Waals surface area contributed by atoms with Crippen LogP contribution in [0.2, 0.25) is 0 Å². The molecule has 182 valence electrons. The van der Waals surface area contributed by atoms with Crippen LogP contribution in [0.3, 0.4) is 0 Å². The Hall–Kier alpha value is -3.89. The molecule has 1 aliphatic heterocycles. The zero-order valence-corrected chi connectivity index (χ0v) is 21.7. The van der Waals surface area contributed by atoms with Crippen LogP contribution in [0.1, 0.15) is 39.7 Å². The van der Waals surface area contributed by atoms with E-state index in [4.69, 9.17) is 5.10 Å². The Bertz CT molecular complexity index is 1400. The van der Waals surface area contributed by atoms with Gasteiger partial charge < -0.3 is 0 Å². The number of para-hydroxylation sites is 1. The average Bonchev–Trinajstić information content (AvgIpc) is 3.32. The number of carbonyl (C=O) groups is 2. The molecule has 1 aliphatic rings. The van der Waals surface area contributed by atoms with Crippen LogP contribution in [0.4, 0.5) is 0 Å². The fourth-order valence-corrected chi connectivity index (χ4v) is 4.81. The number of thioether (sulfide) groups is 1. The van der Waals surface area contributed by atoms with E-state index in [1.165, 1.54) is 9.80 Å². The first-order valence-corrected chi connectivity index (χ1v) is 13.0. The molecule has 0 radical (unpaired) electrons. The molecule has 36 heavy (non-hydrogen) atoms. The highest BCUT2D eigenvalue weighted by atomic mass is 32.2. The van der Waals surface area contributed by atoms with E-state index in [0.717, 1.165) is 22.6 Å². The molecule has 0 N–H and O–H groups in total. The Labute approximate surface area is 215 Å². The number of rotatable bonds is 7. The third-order valence-corrected chi connectivity index (χ3v) is 7.20. The monoisotopic (exact) mass is 496 g/mol. The molecule has 0 saturated carbocycles. The molecule has 2 heterocycles. The van der Waals surface area contributed by atoms with Crippen molar-refractivity contribution in [3.63, 3.8) is 0 Å². The predicted molar refractivity (Wildman–Crippen MR) is 143 cm³/mol. The first-order chi connectivity index (χ1) is 17.4. The summed E-state index contributed by atoms with van der Waals surface area (Å²) in [5.74, 6) is 0.0642. The highest BCUT2D eigenvalue weighted by molar-refractivity contribution is 7.99. The molecule has 6 nitrogen and oxygen atoms in total. The minimum Gasteiger partial charge on any atom is -0.271 e. The van der Waals surface area contributed by atoms with E-state index in [0.29, 0.717) is 23.3 Å². The molecule has 0 bridgehead atoms. The molecular formula is C29H28N4O2S. The van der Waals surface area contributed by atoms with Gasteiger partial charge in [-0.1, -0.05) is 44.2 Å². The van der Waals surface area contributed by atoms with Gasteiger partial charge in [0.15, 0.2) is 0 Å². The maximum atomic E-state index is 13.5. The summed E-state index contributed by atoms with van der Waals surface area (Å²) in [5, 5.41) is 14.6. The van der Waals surface area contributed by atoms with Crippen molar-refractivity contribution in [2.75, 3.05) is 5.75 Å². The predicted octanol–water partition coefficient (Wildman–Crippen LogP) is 6.04. The first kappa shape index (κ1) is 25.2. The van der Waals surface area contributed by atoms with E-state index >= 15 is 0 Å². The Balaban J connectivity index is 1.90. The summed E-state index contributed by atoms with van der Waals surface area (Å²) in [6.45, 7) is 7.50. The largest absolute Gasteiger partial charge is 0.271 e. The van der Waals surface area contributed by atoms with Crippen LogP contribution in [0.15, 0.2) is 82.4 Å². The number of nitrogens with zero attached hydrogens (tertiary/aromatic N) is 4. The summed E-state index contributed by atoms with van der Waals surface area (Å²) in [6.07, 6.45) is 4.23. The third-order valence-electron chi connectivity index (χ3n) is 6.31. The van der Waals surface area contributed by atoms with Crippen molar-refractivity contribution in [1.29, 1.82) is 5.26 Å². The summed E-state index contributed by atoms with van der Waals surface area (Å²) >= 11 is 1.77. The lowest BCUT2D eigenvalue weighted by molar-refractivity contribution is -0.142. The van der Waals surface area contributed by atoms with Gasteiger partial charge in [-0.05, 0) is 61.9 Å². The van der Waals surface area contributed by atoms with Gasteiger partial charge in [0, 0.05) is 33.8 Å². The number of hydrogen-bond acceptors (Lipinski definition) is 5. The molecule has 0 saturated heterocycles. The van der Waals surface area contributed by atoms with E-state index in [9.17, 15) is 14.9 Å². The number of imide groups is 1. The quantitative estimate of drug-likeness (QED) is 0.226. The van der Waals surface area contributed by atoms with E-state index in [1.54, 1.807) is 29.4 Å². The van der Waals surface area contributed by atoms with Crippen LogP contribution in [-0.2, 0) is 9.59 Å². The SMILES string of the molecule is CCSc1ccc(-c2nn(-c3ccccc3)cc2/C=C2/C(=O)N(C(C)CC)C(=O)C(C#N)=C2C)cc1. The maximum absolute atomic E-state index is 13.5. The highest BCUT2D eigenvalue weighted by Gasteiger charge is 2.37. The van der Waals surface area contributed by atoms with Gasteiger partial charge in [0.2, 0.25) is 0 Å². The lowest BCUT2D eigenvalue weighted by Gasteiger charge is -2.31. The molecule has 2 aromatic carbocycles. The summed E-state index contributed by atoms with van der Waals surface area (Å²) in [4.78, 5) is 28.8. The zero-order valence-electron chi connectivity index (χ0n) is 20.9. The Morgan fingerprint density at radius 3 is 2.36 bits per heavy atom. The first-order valence-electron chi connectivity index (χ1n) is 12.0. The lowest BCUT2D eigenvalue weighted by Crippen LogP contribution is -2.47. The van der Waals surface area contributed by atoms with Crippen LogP contribution in [0.5, 0.6) is 0 Å². The maximum Gasteiger partial charge on any atom is 0.271 e. The van der Waals surface area contributed by atoms with Gasteiger partial charge in [-0.15, -0.1) is 11.8 Å². The van der Waals surface area contributed by atoms with Crippen molar-refractivity contribution in [3.8, 4) is 23.0 Å². The van der Waals surface area contributed by atoms with E-state index in [1.807, 2.05) is 68.6 Å². The summed E-state index contributed by atoms with van der Waals surface area (Å²) in [6, 6.07) is 19.6. The van der Waals surface area contributed by atoms with Gasteiger partial charge in [-0.2, -0.15) is 10.4 Å². The van der Waals surface area contributed by atoms with Gasteiger partial charge in [-0.3, -0.25) is 14.5 Å². The smallest absolute Gasteiger partial charge is 0.271 e. The van der Waals surface area contributed by atoms with Gasteiger partial charge >= 0.3 is 0 Å². The number of nitriles is 1. The van der Waals surface area contributed by atoms with Crippen molar-refractivity contribution >= 4 is 29.7 Å². The van der Waals surface area contributed by atoms with Gasteiger partial charge in [0.25, 0.3) is 11.8 Å². The van der Waals surface area contributed by atoms with E-state index in [-0.39, 0.29) is 17.5 Å². The number of aromatic nitrogens is 2. The number of amides is 2. The Kier molecular flexibility index (Phi) is 7.56. The minimum absolute atomic E-state index is 0.000838. The second-order valence-corrected chi connectivity index (χ2v) is 9.92. The van der Waals surface area contributed by atoms with Crippen LogP contribution >= 0.6 is 11.8 Å². The standard InChI is InChI=1S/C29H28N4O2S/c1-5-19(3)33-28(34)25(20(4)26(17-30)29(33)35)16-22-18-32(23-10-8-7-9-11-23)31-27(22)21-12-14-24(15-13-21)36-6-2/h7-16,18-19H,5-6H2,1-4H3/b25-16+. The summed E-state index contributed by atoms with van der Waals surface area (Å²) in [7, 11) is 0. The van der Waals surface area contributed by atoms with Crippen molar-refractivity contribution in [3.05, 3.63) is 83.1 Å². The molecule has 0 fully saturated rings. The molecule has 1 unspecified atom stereocenters. The molecular weight excluding hydrogens is 468 g/mol. The number of carbonyl (C=O) groups excluding carboxylic acids is 2. The highest BCUT2D eigenvalue weighted by Crippen LogP contribution is 2.32. The fraction of sp³-hybridized carbons (Fsp3) is 0.241.